The molecule has 25 heavy (non-hydrogen) atoms. The monoisotopic (exact) mass is 353 g/mol. The molecule has 0 aromatic carbocycles. The Morgan fingerprint density at radius 3 is 2.72 bits per heavy atom. The van der Waals surface area contributed by atoms with Crippen LogP contribution in [0.15, 0.2) is 0 Å². The summed E-state index contributed by atoms with van der Waals surface area (Å²) in [5.41, 5.74) is -0.913. The van der Waals surface area contributed by atoms with Gasteiger partial charge >= 0.3 is 12.0 Å². The molecule has 0 aromatic heterocycles. The van der Waals surface area contributed by atoms with Gasteiger partial charge in [0, 0.05) is 0 Å². The molecule has 1 heterocycles. The summed E-state index contributed by atoms with van der Waals surface area (Å²) in [5.74, 6) is -2.11. The first-order chi connectivity index (χ1) is 11.8. The summed E-state index contributed by atoms with van der Waals surface area (Å²) in [6, 6.07) is -1.58. The van der Waals surface area contributed by atoms with Gasteiger partial charge in [0.15, 0.2) is 0 Å². The molecular formula is C17H27N3O5. The van der Waals surface area contributed by atoms with Gasteiger partial charge in [-0.3, -0.25) is 14.5 Å². The Labute approximate surface area is 147 Å². The molecule has 1 aliphatic heterocycles. The number of hydrogen-bond acceptors (Lipinski definition) is 4. The van der Waals surface area contributed by atoms with Crippen molar-refractivity contribution in [3.63, 3.8) is 0 Å². The van der Waals surface area contributed by atoms with Crippen LogP contribution in [0.2, 0.25) is 0 Å². The van der Waals surface area contributed by atoms with Gasteiger partial charge in [-0.1, -0.05) is 39.5 Å². The van der Waals surface area contributed by atoms with Gasteiger partial charge in [0.2, 0.25) is 5.91 Å². The molecule has 3 N–H and O–H groups in total. The number of carboxylic acids is 1. The number of nitrogens with zero attached hydrogens (tertiary/aromatic N) is 1. The van der Waals surface area contributed by atoms with E-state index >= 15 is 0 Å². The van der Waals surface area contributed by atoms with E-state index in [0.717, 1.165) is 30.6 Å². The molecule has 8 nitrogen and oxygen atoms in total. The maximum absolute atomic E-state index is 12.8. The first-order valence-electron chi connectivity index (χ1n) is 8.98. The zero-order chi connectivity index (χ0) is 18.6. The molecule has 3 atom stereocenters. The number of unbranched alkanes of at least 4 members (excludes halogenated alkanes) is 1. The van der Waals surface area contributed by atoms with Crippen molar-refractivity contribution < 1.29 is 24.3 Å². The quantitative estimate of drug-likeness (QED) is 0.596. The second-order valence-corrected chi connectivity index (χ2v) is 7.04. The second-order valence-electron chi connectivity index (χ2n) is 7.04. The average Bonchev–Trinajstić information content (AvgIpc) is 2.79. The average molecular weight is 353 g/mol. The van der Waals surface area contributed by atoms with Crippen molar-refractivity contribution in [2.24, 2.45) is 5.92 Å². The van der Waals surface area contributed by atoms with E-state index in [-0.39, 0.29) is 11.8 Å². The molecule has 3 unspecified atom stereocenters. The summed E-state index contributed by atoms with van der Waals surface area (Å²) in [6.07, 6.45) is 5.10. The molecule has 0 radical (unpaired) electrons. The van der Waals surface area contributed by atoms with Gasteiger partial charge < -0.3 is 15.7 Å². The van der Waals surface area contributed by atoms with E-state index in [1.165, 1.54) is 0 Å². The van der Waals surface area contributed by atoms with Gasteiger partial charge in [0.1, 0.15) is 18.1 Å². The first-order valence-corrected chi connectivity index (χ1v) is 8.98. The zero-order valence-electron chi connectivity index (χ0n) is 14.8. The number of hydrogen-bond donors (Lipinski definition) is 3. The van der Waals surface area contributed by atoms with Gasteiger partial charge in [-0.15, -0.1) is 0 Å². The smallest absolute Gasteiger partial charge is 0.326 e. The fraction of sp³-hybridized carbons (Fsp3) is 0.765. The van der Waals surface area contributed by atoms with Gasteiger partial charge in [0.25, 0.3) is 5.91 Å². The molecule has 0 bridgehead atoms. The summed E-state index contributed by atoms with van der Waals surface area (Å²) >= 11 is 0. The number of urea groups is 1. The third kappa shape index (κ3) is 3.93. The first kappa shape index (κ1) is 19.2. The molecule has 2 fully saturated rings. The predicted octanol–water partition coefficient (Wildman–Crippen LogP) is 1.25. The Bertz CT molecular complexity index is 564. The Balaban J connectivity index is 2.01. The Hall–Kier alpha value is -2.12. The number of imide groups is 1. The second kappa shape index (κ2) is 7.84. The minimum Gasteiger partial charge on any atom is -0.480 e. The van der Waals surface area contributed by atoms with Gasteiger partial charge in [-0.2, -0.15) is 0 Å². The molecule has 1 saturated heterocycles. The molecule has 0 aromatic rings. The Morgan fingerprint density at radius 2 is 2.12 bits per heavy atom. The third-order valence-corrected chi connectivity index (χ3v) is 5.28. The van der Waals surface area contributed by atoms with Crippen LogP contribution >= 0.6 is 0 Å². The van der Waals surface area contributed by atoms with Crippen LogP contribution in [0.4, 0.5) is 4.79 Å². The lowest BCUT2D eigenvalue weighted by Crippen LogP contribution is -2.54. The maximum atomic E-state index is 12.8. The van der Waals surface area contributed by atoms with E-state index < -0.39 is 36.0 Å². The lowest BCUT2D eigenvalue weighted by atomic mass is 9.73. The highest BCUT2D eigenvalue weighted by Gasteiger charge is 2.55. The largest absolute Gasteiger partial charge is 0.480 e. The van der Waals surface area contributed by atoms with Crippen LogP contribution in [-0.2, 0) is 14.4 Å². The highest BCUT2D eigenvalue weighted by atomic mass is 16.4. The van der Waals surface area contributed by atoms with Crippen LogP contribution in [0.5, 0.6) is 0 Å². The molecule has 1 spiro atoms. The number of aliphatic carboxylic acids is 1. The fourth-order valence-corrected chi connectivity index (χ4v) is 3.69. The van der Waals surface area contributed by atoms with Crippen molar-refractivity contribution in [2.75, 3.05) is 6.54 Å². The summed E-state index contributed by atoms with van der Waals surface area (Å²) in [4.78, 5) is 49.3. The molecule has 140 valence electrons. The van der Waals surface area contributed by atoms with E-state index in [1.807, 2.05) is 13.8 Å². The van der Waals surface area contributed by atoms with E-state index in [0.29, 0.717) is 19.3 Å². The highest BCUT2D eigenvalue weighted by molar-refractivity contribution is 6.09. The van der Waals surface area contributed by atoms with Crippen molar-refractivity contribution in [2.45, 2.75) is 70.4 Å². The molecule has 2 aliphatic rings. The SMILES string of the molecule is CCCCC(NC(=O)CN1C(=O)NC2(CCCCC2C)C1=O)C(=O)O. The number of amides is 4. The van der Waals surface area contributed by atoms with Crippen molar-refractivity contribution in [1.29, 1.82) is 0 Å². The van der Waals surface area contributed by atoms with E-state index in [2.05, 4.69) is 10.6 Å². The number of nitrogens with one attached hydrogen (secondary N) is 2. The molecule has 1 saturated carbocycles. The Morgan fingerprint density at radius 1 is 1.40 bits per heavy atom. The van der Waals surface area contributed by atoms with Gasteiger partial charge in [0.05, 0.1) is 0 Å². The lowest BCUT2D eigenvalue weighted by molar-refractivity contribution is -0.142. The third-order valence-electron chi connectivity index (χ3n) is 5.28. The number of carboxylic acid groups (broad SMARTS) is 1. The molecule has 2 rings (SSSR count). The Kier molecular flexibility index (Phi) is 6.02. The summed E-state index contributed by atoms with van der Waals surface area (Å²) in [5, 5.41) is 14.4. The summed E-state index contributed by atoms with van der Waals surface area (Å²) in [6.45, 7) is 3.42. The topological polar surface area (TPSA) is 116 Å². The number of carbonyl (C=O) groups excluding carboxylic acids is 3. The van der Waals surface area contributed by atoms with Crippen LogP contribution in [0, 0.1) is 5.92 Å². The molecule has 8 heteroatoms. The van der Waals surface area contributed by atoms with Gasteiger partial charge in [-0.05, 0) is 25.2 Å². The molecule has 1 aliphatic carbocycles. The summed E-state index contributed by atoms with van der Waals surface area (Å²) < 4.78 is 0. The standard InChI is InChI=1S/C17H27N3O5/c1-3-4-8-12(14(22)23)18-13(21)10-20-15(24)17(19-16(20)25)9-6-5-7-11(17)2/h11-12H,3-10H2,1-2H3,(H,18,21)(H,19,25)(H,22,23). The minimum atomic E-state index is -1.11. The minimum absolute atomic E-state index is 0.0158. The normalized spacial score (nSPS) is 27.3. The van der Waals surface area contributed by atoms with Crippen molar-refractivity contribution >= 4 is 23.8 Å². The van der Waals surface area contributed by atoms with Crippen LogP contribution in [0.1, 0.15) is 58.8 Å². The van der Waals surface area contributed by atoms with Crippen molar-refractivity contribution in [1.82, 2.24) is 15.5 Å². The lowest BCUT2D eigenvalue weighted by Gasteiger charge is -2.36. The van der Waals surface area contributed by atoms with E-state index in [4.69, 9.17) is 0 Å². The zero-order valence-corrected chi connectivity index (χ0v) is 14.8. The van der Waals surface area contributed by atoms with Crippen LogP contribution in [0.25, 0.3) is 0 Å². The summed E-state index contributed by atoms with van der Waals surface area (Å²) in [7, 11) is 0. The predicted molar refractivity (Wildman–Crippen MR) is 89.7 cm³/mol. The van der Waals surface area contributed by atoms with E-state index in [1.54, 1.807) is 0 Å². The fourth-order valence-electron chi connectivity index (χ4n) is 3.69. The van der Waals surface area contributed by atoms with Crippen molar-refractivity contribution in [3.05, 3.63) is 0 Å². The number of carbonyl (C=O) groups is 4. The maximum Gasteiger partial charge on any atom is 0.326 e. The highest BCUT2D eigenvalue weighted by Crippen LogP contribution is 2.38. The van der Waals surface area contributed by atoms with E-state index in [9.17, 15) is 24.3 Å². The van der Waals surface area contributed by atoms with Crippen LogP contribution < -0.4 is 10.6 Å². The van der Waals surface area contributed by atoms with Crippen LogP contribution in [-0.4, -0.2) is 51.9 Å². The van der Waals surface area contributed by atoms with Crippen LogP contribution in [0.3, 0.4) is 0 Å². The number of rotatable bonds is 7. The molecule has 4 amide bonds. The molecular weight excluding hydrogens is 326 g/mol. The van der Waals surface area contributed by atoms with Gasteiger partial charge in [-0.25, -0.2) is 9.59 Å². The van der Waals surface area contributed by atoms with Crippen molar-refractivity contribution in [3.8, 4) is 0 Å².